The summed E-state index contributed by atoms with van der Waals surface area (Å²) in [6.45, 7) is 1.63. The fourth-order valence-electron chi connectivity index (χ4n) is 5.72. The van der Waals surface area contributed by atoms with Crippen molar-refractivity contribution in [2.45, 2.75) is 37.8 Å². The minimum Gasteiger partial charge on any atom is -0.454 e. The third-order valence-corrected chi connectivity index (χ3v) is 9.80. The monoisotopic (exact) mass is 696 g/mol. The van der Waals surface area contributed by atoms with Crippen molar-refractivity contribution >= 4 is 20.7 Å². The van der Waals surface area contributed by atoms with E-state index in [1.807, 2.05) is 24.3 Å². The summed E-state index contributed by atoms with van der Waals surface area (Å²) in [4.78, 5) is 25.6. The summed E-state index contributed by atoms with van der Waals surface area (Å²) in [6.07, 6.45) is 2.38. The van der Waals surface area contributed by atoms with Crippen molar-refractivity contribution < 1.29 is 31.4 Å². The molecule has 0 bridgehead atoms. The van der Waals surface area contributed by atoms with Gasteiger partial charge in [-0.05, 0) is 73.0 Å². The lowest BCUT2D eigenvalue weighted by molar-refractivity contribution is 0.0362. The van der Waals surface area contributed by atoms with E-state index in [4.69, 9.17) is 14.2 Å². The van der Waals surface area contributed by atoms with Crippen molar-refractivity contribution in [1.82, 2.24) is 19.5 Å². The number of halogens is 2. The number of benzene rings is 3. The lowest BCUT2D eigenvalue weighted by Crippen LogP contribution is -2.23. The van der Waals surface area contributed by atoms with Crippen LogP contribution in [-0.4, -0.2) is 40.5 Å². The second kappa shape index (κ2) is 13.8. The molecule has 3 aromatic carbocycles. The molecule has 50 heavy (non-hydrogen) atoms. The lowest BCUT2D eigenvalue weighted by Gasteiger charge is -2.19. The average molecular weight is 697 g/mol. The SMILES string of the molecule is Cc1cc(-c2cc(F)c(=O)n(Cc3ccc4c(c3)OCO4)c2)nc(S(=O)(=O)CCC(OCc2ccccc2F)c2ccc3ncccc3c2)n1. The summed E-state index contributed by atoms with van der Waals surface area (Å²) in [6, 6.07) is 23.1. The Kier molecular flexibility index (Phi) is 9.08. The summed E-state index contributed by atoms with van der Waals surface area (Å²) in [7, 11) is -4.11. The number of aryl methyl sites for hydroxylation is 1. The summed E-state index contributed by atoms with van der Waals surface area (Å²) >= 11 is 0. The molecule has 0 aliphatic carbocycles. The van der Waals surface area contributed by atoms with Gasteiger partial charge in [0.25, 0.3) is 5.56 Å². The zero-order valence-electron chi connectivity index (χ0n) is 26.8. The Bertz CT molecular complexity index is 2400. The van der Waals surface area contributed by atoms with Crippen LogP contribution in [0.1, 0.15) is 34.9 Å². The summed E-state index contributed by atoms with van der Waals surface area (Å²) in [5, 5.41) is 0.392. The second-order valence-corrected chi connectivity index (χ2v) is 13.8. The van der Waals surface area contributed by atoms with E-state index in [0.29, 0.717) is 33.9 Å². The molecule has 0 saturated heterocycles. The number of rotatable bonds is 11. The Balaban J connectivity index is 1.15. The molecule has 0 radical (unpaired) electrons. The molecule has 3 aromatic heterocycles. The molecule has 1 atom stereocenters. The number of hydrogen-bond donors (Lipinski definition) is 0. The highest BCUT2D eigenvalue weighted by molar-refractivity contribution is 7.91. The maximum Gasteiger partial charge on any atom is 0.286 e. The van der Waals surface area contributed by atoms with Gasteiger partial charge < -0.3 is 18.8 Å². The first-order valence-corrected chi connectivity index (χ1v) is 17.4. The first kappa shape index (κ1) is 33.0. The van der Waals surface area contributed by atoms with E-state index < -0.39 is 44.0 Å². The van der Waals surface area contributed by atoms with Gasteiger partial charge in [-0.15, -0.1) is 0 Å². The van der Waals surface area contributed by atoms with Gasteiger partial charge in [-0.1, -0.05) is 36.4 Å². The Hall–Kier alpha value is -5.53. The third kappa shape index (κ3) is 7.09. The predicted octanol–water partition coefficient (Wildman–Crippen LogP) is 6.34. The number of fused-ring (bicyclic) bond motifs is 2. The highest BCUT2D eigenvalue weighted by Gasteiger charge is 2.25. The number of pyridine rings is 2. The Morgan fingerprint density at radius 1 is 0.920 bits per heavy atom. The van der Waals surface area contributed by atoms with Gasteiger partial charge in [-0.25, -0.2) is 27.2 Å². The van der Waals surface area contributed by atoms with E-state index in [1.54, 1.807) is 55.6 Å². The van der Waals surface area contributed by atoms with Crippen LogP contribution in [0.15, 0.2) is 107 Å². The highest BCUT2D eigenvalue weighted by atomic mass is 32.2. The van der Waals surface area contributed by atoms with Crippen LogP contribution in [0.4, 0.5) is 8.78 Å². The molecule has 1 unspecified atom stereocenters. The predicted molar refractivity (Wildman–Crippen MR) is 180 cm³/mol. The third-order valence-electron chi connectivity index (χ3n) is 8.29. The van der Waals surface area contributed by atoms with Gasteiger partial charge in [-0.3, -0.25) is 9.78 Å². The number of ether oxygens (including phenoxy) is 3. The van der Waals surface area contributed by atoms with Crippen molar-refractivity contribution in [3.8, 4) is 22.8 Å². The van der Waals surface area contributed by atoms with E-state index in [-0.39, 0.29) is 37.6 Å². The molecule has 7 rings (SSSR count). The fourth-order valence-corrected chi connectivity index (χ4v) is 6.95. The molecule has 1 aliphatic rings. The van der Waals surface area contributed by atoms with Crippen LogP contribution < -0.4 is 15.0 Å². The Morgan fingerprint density at radius 2 is 1.76 bits per heavy atom. The minimum absolute atomic E-state index is 0.00420. The zero-order valence-corrected chi connectivity index (χ0v) is 27.6. The van der Waals surface area contributed by atoms with E-state index in [2.05, 4.69) is 15.0 Å². The molecule has 0 saturated carbocycles. The molecule has 0 amide bonds. The zero-order chi connectivity index (χ0) is 34.8. The number of aromatic nitrogens is 4. The first-order chi connectivity index (χ1) is 24.1. The van der Waals surface area contributed by atoms with Crippen LogP contribution in [0.2, 0.25) is 0 Å². The normalized spacial score (nSPS) is 13.1. The average Bonchev–Trinajstić information content (AvgIpc) is 3.58. The maximum atomic E-state index is 15.0. The molecule has 13 heteroatoms. The quantitative estimate of drug-likeness (QED) is 0.143. The van der Waals surface area contributed by atoms with Crippen LogP contribution in [0.25, 0.3) is 22.2 Å². The standard InChI is InChI=1S/C37H30F2N4O6S/c1-23-15-32(28-18-30(39)36(44)43(20-28)19-24-8-11-34-35(16-24)49-22-48-34)42-37(41-23)50(45,46)14-12-33(47-21-27-5-2-3-7-29(27)38)26-9-10-31-25(17-26)6-4-13-40-31/h2-11,13,15-18,20,33H,12,14,19,21-22H2,1H3. The van der Waals surface area contributed by atoms with Gasteiger partial charge in [0, 0.05) is 34.6 Å². The van der Waals surface area contributed by atoms with Crippen LogP contribution in [0.5, 0.6) is 11.5 Å². The van der Waals surface area contributed by atoms with Crippen molar-refractivity contribution in [1.29, 1.82) is 0 Å². The van der Waals surface area contributed by atoms with Crippen LogP contribution >= 0.6 is 0 Å². The topological polar surface area (TPSA) is 123 Å². The molecule has 0 N–H and O–H groups in total. The smallest absolute Gasteiger partial charge is 0.286 e. The van der Waals surface area contributed by atoms with Crippen LogP contribution in [-0.2, 0) is 27.7 Å². The van der Waals surface area contributed by atoms with Crippen molar-refractivity contribution in [2.75, 3.05) is 12.5 Å². The first-order valence-electron chi connectivity index (χ1n) is 15.7. The fraction of sp³-hybridized carbons (Fsp3) is 0.189. The van der Waals surface area contributed by atoms with Crippen molar-refractivity contribution in [3.63, 3.8) is 0 Å². The second-order valence-electron chi connectivity index (χ2n) is 11.8. The Morgan fingerprint density at radius 3 is 2.62 bits per heavy atom. The van der Waals surface area contributed by atoms with Gasteiger partial charge >= 0.3 is 0 Å². The molecular formula is C37H30F2N4O6S. The molecule has 6 aromatic rings. The molecule has 0 spiro atoms. The van der Waals surface area contributed by atoms with Crippen molar-refractivity contribution in [3.05, 3.63) is 142 Å². The molecule has 1 aliphatic heterocycles. The molecule has 0 fully saturated rings. The summed E-state index contributed by atoms with van der Waals surface area (Å²) < 4.78 is 75.0. The number of sulfone groups is 1. The Labute approximate surface area is 285 Å². The largest absolute Gasteiger partial charge is 0.454 e. The van der Waals surface area contributed by atoms with Crippen LogP contribution in [0, 0.1) is 18.6 Å². The summed E-state index contributed by atoms with van der Waals surface area (Å²) in [5.74, 6) is -0.763. The molecule has 4 heterocycles. The van der Waals surface area contributed by atoms with Crippen LogP contribution in [0.3, 0.4) is 0 Å². The number of nitrogens with zero attached hydrogens (tertiary/aromatic N) is 4. The molecule has 254 valence electrons. The maximum absolute atomic E-state index is 15.0. The summed E-state index contributed by atoms with van der Waals surface area (Å²) in [5.41, 5.74) is 2.27. The van der Waals surface area contributed by atoms with Gasteiger partial charge in [-0.2, -0.15) is 0 Å². The molecular weight excluding hydrogens is 666 g/mol. The van der Waals surface area contributed by atoms with Gasteiger partial charge in [0.2, 0.25) is 21.8 Å². The minimum atomic E-state index is -4.11. The number of hydrogen-bond acceptors (Lipinski definition) is 9. The van der Waals surface area contributed by atoms with E-state index in [0.717, 1.165) is 17.0 Å². The molecule has 10 nitrogen and oxygen atoms in total. The van der Waals surface area contributed by atoms with Gasteiger partial charge in [0.1, 0.15) is 5.82 Å². The van der Waals surface area contributed by atoms with Crippen molar-refractivity contribution in [2.24, 2.45) is 0 Å². The van der Waals surface area contributed by atoms with Gasteiger partial charge in [0.15, 0.2) is 17.3 Å². The van der Waals surface area contributed by atoms with E-state index in [1.165, 1.54) is 22.9 Å². The van der Waals surface area contributed by atoms with Gasteiger partial charge in [0.05, 0.1) is 36.2 Å². The highest BCUT2D eigenvalue weighted by Crippen LogP contribution is 2.33. The van der Waals surface area contributed by atoms with E-state index in [9.17, 15) is 22.0 Å². The lowest BCUT2D eigenvalue weighted by atomic mass is 10.0. The van der Waals surface area contributed by atoms with E-state index >= 15 is 0 Å².